The average Bonchev–Trinajstić information content (AvgIpc) is 3.44. The molecule has 5 aromatic rings. The molecule has 3 heterocycles. The molecule has 40 heavy (non-hydrogen) atoms. The number of phenolic OH excluding ortho intramolecular Hbond substituents is 1. The Kier molecular flexibility index (Phi) is 6.85. The van der Waals surface area contributed by atoms with Gasteiger partial charge in [-0.3, -0.25) is 14.2 Å². The first-order chi connectivity index (χ1) is 19.1. The number of aromatic nitrogens is 4. The number of hydrogen-bond acceptors (Lipinski definition) is 8. The molecule has 0 atom stereocenters. The van der Waals surface area contributed by atoms with Gasteiger partial charge in [-0.1, -0.05) is 12.1 Å². The third-order valence-electron chi connectivity index (χ3n) is 5.90. The molecular weight excluding hydrogens is 537 g/mol. The molecule has 15 heteroatoms. The van der Waals surface area contributed by atoms with Crippen molar-refractivity contribution >= 4 is 28.6 Å². The van der Waals surface area contributed by atoms with Crippen LogP contribution in [0.4, 0.5) is 13.2 Å². The van der Waals surface area contributed by atoms with Crippen LogP contribution in [0.3, 0.4) is 0 Å². The molecule has 206 valence electrons. The van der Waals surface area contributed by atoms with Crippen LogP contribution in [0.5, 0.6) is 11.5 Å². The van der Waals surface area contributed by atoms with E-state index in [-0.39, 0.29) is 30.1 Å². The zero-order chi connectivity index (χ0) is 28.6. The Labute approximate surface area is 221 Å². The van der Waals surface area contributed by atoms with Crippen molar-refractivity contribution in [2.24, 2.45) is 7.05 Å². The number of alkyl halides is 2. The minimum atomic E-state index is -3.16. The van der Waals surface area contributed by atoms with Gasteiger partial charge in [-0.05, 0) is 35.4 Å². The molecule has 0 bridgehead atoms. The van der Waals surface area contributed by atoms with Crippen LogP contribution < -0.4 is 21.1 Å². The number of rotatable bonds is 8. The fraction of sp³-hybridized carbons (Fsp3) is 0.160. The minimum absolute atomic E-state index is 0.0220. The number of nitrogens with one attached hydrogen (secondary N) is 2. The van der Waals surface area contributed by atoms with E-state index < -0.39 is 41.5 Å². The van der Waals surface area contributed by atoms with Crippen LogP contribution in [0.15, 0.2) is 57.9 Å². The molecule has 3 N–H and O–H groups in total. The summed E-state index contributed by atoms with van der Waals surface area (Å²) in [7, 11) is 1.54. The van der Waals surface area contributed by atoms with Crippen LogP contribution in [0.25, 0.3) is 16.7 Å². The molecule has 0 aliphatic rings. The molecule has 5 rings (SSSR count). The quantitative estimate of drug-likeness (QED) is 0.264. The Bertz CT molecular complexity index is 1830. The first-order valence-corrected chi connectivity index (χ1v) is 11.6. The van der Waals surface area contributed by atoms with Crippen molar-refractivity contribution in [2.45, 2.75) is 19.7 Å². The number of phenols is 1. The van der Waals surface area contributed by atoms with Gasteiger partial charge in [0.1, 0.15) is 11.4 Å². The molecule has 0 saturated carbocycles. The Balaban J connectivity index is 1.35. The Hall–Kier alpha value is -5.34. The van der Waals surface area contributed by atoms with Gasteiger partial charge in [0.25, 0.3) is 11.8 Å². The van der Waals surface area contributed by atoms with Gasteiger partial charge in [-0.2, -0.15) is 13.9 Å². The topological polar surface area (TPSA) is 153 Å². The van der Waals surface area contributed by atoms with Gasteiger partial charge >= 0.3 is 12.4 Å². The van der Waals surface area contributed by atoms with Crippen LogP contribution in [0, 0.1) is 5.82 Å². The van der Waals surface area contributed by atoms with Gasteiger partial charge in [-0.15, -0.1) is 0 Å². The first-order valence-electron chi connectivity index (χ1n) is 11.6. The summed E-state index contributed by atoms with van der Waals surface area (Å²) >= 11 is 0. The Morgan fingerprint density at radius 2 is 1.77 bits per heavy atom. The lowest BCUT2D eigenvalue weighted by molar-refractivity contribution is -0.0513. The van der Waals surface area contributed by atoms with Crippen LogP contribution >= 0.6 is 0 Å². The maximum atomic E-state index is 14.4. The number of nitrogens with zero attached hydrogens (tertiary/aromatic N) is 4. The zero-order valence-corrected chi connectivity index (χ0v) is 20.5. The van der Waals surface area contributed by atoms with Crippen molar-refractivity contribution in [3.8, 4) is 11.5 Å². The number of aromatic hydroxyl groups is 1. The minimum Gasteiger partial charge on any atom is -0.504 e. The molecule has 0 saturated heterocycles. The fourth-order valence-corrected chi connectivity index (χ4v) is 3.90. The standard InChI is InChI=1S/C25H19F3N6O6/c1-33-16-6-12(3-5-19(16)40-25(33)38)9-29-22(36)15-8-17(34-21(32-15)14(26)11-31-34)23(37)30-10-13-2-4-18(35)20(7-13)39-24(27)28/h2-8,11,24,35H,9-10H2,1H3,(H,29,36)(H,30,37). The number of fused-ring (bicyclic) bond motifs is 2. The number of hydrogen-bond donors (Lipinski definition) is 3. The van der Waals surface area contributed by atoms with Gasteiger partial charge in [-0.25, -0.2) is 18.7 Å². The smallest absolute Gasteiger partial charge is 0.419 e. The molecule has 3 aromatic heterocycles. The van der Waals surface area contributed by atoms with E-state index in [2.05, 4.69) is 25.5 Å². The monoisotopic (exact) mass is 556 g/mol. The van der Waals surface area contributed by atoms with E-state index in [1.165, 1.54) is 10.6 Å². The van der Waals surface area contributed by atoms with Crippen molar-refractivity contribution in [2.75, 3.05) is 0 Å². The Morgan fingerprint density at radius 3 is 2.52 bits per heavy atom. The van der Waals surface area contributed by atoms with E-state index in [1.54, 1.807) is 25.2 Å². The van der Waals surface area contributed by atoms with Gasteiger partial charge in [0.2, 0.25) is 0 Å². The van der Waals surface area contributed by atoms with E-state index in [4.69, 9.17) is 4.42 Å². The molecule has 0 spiro atoms. The number of ether oxygens (including phenoxy) is 1. The normalized spacial score (nSPS) is 11.3. The van der Waals surface area contributed by atoms with Gasteiger partial charge in [0.15, 0.2) is 28.5 Å². The largest absolute Gasteiger partial charge is 0.504 e. The van der Waals surface area contributed by atoms with Crippen LogP contribution in [0.1, 0.15) is 32.1 Å². The number of amides is 2. The summed E-state index contributed by atoms with van der Waals surface area (Å²) in [4.78, 5) is 41.6. The number of carbonyl (C=O) groups is 2. The first kappa shape index (κ1) is 26.3. The predicted octanol–water partition coefficient (Wildman–Crippen LogP) is 2.48. The predicted molar refractivity (Wildman–Crippen MR) is 131 cm³/mol. The number of aryl methyl sites for hydroxylation is 1. The third-order valence-corrected chi connectivity index (χ3v) is 5.90. The van der Waals surface area contributed by atoms with E-state index in [0.29, 0.717) is 22.2 Å². The molecular formula is C25H19F3N6O6. The second kappa shape index (κ2) is 10.4. The molecule has 0 aliphatic heterocycles. The SMILES string of the molecule is Cn1c(=O)oc2ccc(CNC(=O)c3cc(C(=O)NCc4ccc(O)c(OC(F)F)c4)n4ncc(F)c4n3)cc21. The number of halogens is 3. The van der Waals surface area contributed by atoms with Crippen molar-refractivity contribution in [3.05, 3.63) is 87.5 Å². The van der Waals surface area contributed by atoms with Gasteiger partial charge in [0, 0.05) is 26.2 Å². The van der Waals surface area contributed by atoms with E-state index in [0.717, 1.165) is 28.9 Å². The number of oxazole rings is 1. The maximum absolute atomic E-state index is 14.4. The zero-order valence-electron chi connectivity index (χ0n) is 20.5. The highest BCUT2D eigenvalue weighted by Crippen LogP contribution is 2.28. The Morgan fingerprint density at radius 1 is 1.07 bits per heavy atom. The van der Waals surface area contributed by atoms with Crippen LogP contribution in [0.2, 0.25) is 0 Å². The highest BCUT2D eigenvalue weighted by molar-refractivity contribution is 5.98. The van der Waals surface area contributed by atoms with Crippen molar-refractivity contribution < 1.29 is 37.0 Å². The number of carbonyl (C=O) groups excluding carboxylic acids is 2. The lowest BCUT2D eigenvalue weighted by Gasteiger charge is -2.11. The second-order valence-corrected chi connectivity index (χ2v) is 8.53. The molecule has 0 radical (unpaired) electrons. The summed E-state index contributed by atoms with van der Waals surface area (Å²) in [6.45, 7) is -3.33. The summed E-state index contributed by atoms with van der Waals surface area (Å²) in [5.41, 5.74) is 0.983. The summed E-state index contributed by atoms with van der Waals surface area (Å²) in [6.07, 6.45) is 0.832. The van der Waals surface area contributed by atoms with E-state index in [9.17, 15) is 32.7 Å². The molecule has 0 aliphatic carbocycles. The van der Waals surface area contributed by atoms with E-state index in [1.807, 2.05) is 0 Å². The average molecular weight is 556 g/mol. The number of benzene rings is 2. The van der Waals surface area contributed by atoms with Crippen molar-refractivity contribution in [1.29, 1.82) is 0 Å². The highest BCUT2D eigenvalue weighted by atomic mass is 19.3. The van der Waals surface area contributed by atoms with Crippen molar-refractivity contribution in [1.82, 2.24) is 29.8 Å². The van der Waals surface area contributed by atoms with Gasteiger partial charge < -0.3 is 24.9 Å². The fourth-order valence-electron chi connectivity index (χ4n) is 3.90. The molecule has 2 aromatic carbocycles. The summed E-state index contributed by atoms with van der Waals surface area (Å²) in [5.74, 6) is -3.89. The summed E-state index contributed by atoms with van der Waals surface area (Å²) in [6, 6.07) is 9.64. The van der Waals surface area contributed by atoms with Crippen LogP contribution in [-0.2, 0) is 20.1 Å². The van der Waals surface area contributed by atoms with Crippen molar-refractivity contribution in [3.63, 3.8) is 0 Å². The lowest BCUT2D eigenvalue weighted by atomic mass is 10.2. The van der Waals surface area contributed by atoms with E-state index >= 15 is 0 Å². The lowest BCUT2D eigenvalue weighted by Crippen LogP contribution is -2.28. The maximum Gasteiger partial charge on any atom is 0.419 e. The molecule has 0 fully saturated rings. The molecule has 12 nitrogen and oxygen atoms in total. The van der Waals surface area contributed by atoms with Crippen LogP contribution in [-0.4, -0.2) is 42.7 Å². The second-order valence-electron chi connectivity index (χ2n) is 8.53. The third kappa shape index (κ3) is 5.16. The molecule has 2 amide bonds. The highest BCUT2D eigenvalue weighted by Gasteiger charge is 2.20. The van der Waals surface area contributed by atoms with Gasteiger partial charge in [0.05, 0.1) is 11.7 Å². The summed E-state index contributed by atoms with van der Waals surface area (Å²) in [5, 5.41) is 18.6. The summed E-state index contributed by atoms with van der Waals surface area (Å²) < 4.78 is 51.0. The molecule has 0 unspecified atom stereocenters.